The van der Waals surface area contributed by atoms with Gasteiger partial charge in [0.15, 0.2) is 0 Å². The van der Waals surface area contributed by atoms with E-state index in [4.69, 9.17) is 10.00 Å². The fourth-order valence-electron chi connectivity index (χ4n) is 1.23. The fourth-order valence-corrected chi connectivity index (χ4v) is 2.58. The maximum absolute atomic E-state index is 11.4. The average molecular weight is 291 g/mol. The van der Waals surface area contributed by atoms with Crippen molar-refractivity contribution >= 4 is 40.8 Å². The number of nitriles is 1. The minimum Gasteiger partial charge on any atom is -0.461 e. The molecule has 2 aromatic heterocycles. The van der Waals surface area contributed by atoms with Crippen LogP contribution in [-0.2, 0) is 4.74 Å². The van der Waals surface area contributed by atoms with E-state index in [1.165, 1.54) is 22.7 Å². The van der Waals surface area contributed by atoms with Crippen molar-refractivity contribution < 1.29 is 9.53 Å². The summed E-state index contributed by atoms with van der Waals surface area (Å²) in [4.78, 5) is 13.0. The van der Waals surface area contributed by atoms with Crippen molar-refractivity contribution in [3.8, 4) is 6.07 Å². The third-order valence-electron chi connectivity index (χ3n) is 2.02. The Labute approximate surface area is 117 Å². The van der Waals surface area contributed by atoms with E-state index in [1.807, 2.05) is 12.1 Å². The third-order valence-corrected chi connectivity index (χ3v) is 3.84. The van der Waals surface area contributed by atoms with E-state index in [-0.39, 0.29) is 5.01 Å². The lowest BCUT2D eigenvalue weighted by molar-refractivity contribution is 0.0525. The van der Waals surface area contributed by atoms with Crippen LogP contribution < -0.4 is 0 Å². The molecule has 0 aliphatic carbocycles. The maximum Gasteiger partial charge on any atom is 0.369 e. The van der Waals surface area contributed by atoms with Crippen LogP contribution in [0.2, 0.25) is 0 Å². The van der Waals surface area contributed by atoms with Gasteiger partial charge >= 0.3 is 5.97 Å². The standard InChI is InChI=1S/C12H9N3O2S2/c1-2-17-12(16)11-15-14-10(19-11)6-5-8-3-4-9(7-13)18-8/h3-6H,2H2,1H3. The zero-order chi connectivity index (χ0) is 13.7. The normalized spacial score (nSPS) is 10.5. The Balaban J connectivity index is 2.07. The summed E-state index contributed by atoms with van der Waals surface area (Å²) in [5.41, 5.74) is 0. The molecule has 0 amide bonds. The van der Waals surface area contributed by atoms with Gasteiger partial charge in [-0.2, -0.15) is 5.26 Å². The van der Waals surface area contributed by atoms with Crippen molar-refractivity contribution in [2.24, 2.45) is 0 Å². The summed E-state index contributed by atoms with van der Waals surface area (Å²) in [6.07, 6.45) is 3.59. The van der Waals surface area contributed by atoms with Crippen LogP contribution in [0.5, 0.6) is 0 Å². The van der Waals surface area contributed by atoms with Gasteiger partial charge in [-0.25, -0.2) is 4.79 Å². The van der Waals surface area contributed by atoms with E-state index in [0.29, 0.717) is 16.5 Å². The van der Waals surface area contributed by atoms with Gasteiger partial charge in [0.05, 0.1) is 6.61 Å². The van der Waals surface area contributed by atoms with Crippen molar-refractivity contribution in [2.45, 2.75) is 6.92 Å². The number of ether oxygens (including phenoxy) is 1. The predicted molar refractivity (Wildman–Crippen MR) is 73.8 cm³/mol. The van der Waals surface area contributed by atoms with E-state index in [1.54, 1.807) is 19.1 Å². The van der Waals surface area contributed by atoms with Crippen LogP contribution in [0.1, 0.15) is 31.5 Å². The van der Waals surface area contributed by atoms with Crippen LogP contribution >= 0.6 is 22.7 Å². The summed E-state index contributed by atoms with van der Waals surface area (Å²) in [6.45, 7) is 2.05. The lowest BCUT2D eigenvalue weighted by Gasteiger charge is -1.93. The molecule has 0 bridgehead atoms. The number of nitrogens with zero attached hydrogens (tertiary/aromatic N) is 3. The van der Waals surface area contributed by atoms with Gasteiger partial charge in [0.25, 0.3) is 0 Å². The lowest BCUT2D eigenvalue weighted by atomic mass is 10.4. The van der Waals surface area contributed by atoms with Gasteiger partial charge in [0.1, 0.15) is 16.0 Å². The average Bonchev–Trinajstić information content (AvgIpc) is 3.06. The fraction of sp³-hybridized carbons (Fsp3) is 0.167. The second-order valence-electron chi connectivity index (χ2n) is 3.31. The van der Waals surface area contributed by atoms with Gasteiger partial charge in [-0.05, 0) is 31.2 Å². The molecule has 0 N–H and O–H groups in total. The Hall–Kier alpha value is -2.04. The first kappa shape index (κ1) is 13.4. The second kappa shape index (κ2) is 6.22. The van der Waals surface area contributed by atoms with E-state index >= 15 is 0 Å². The van der Waals surface area contributed by atoms with Gasteiger partial charge in [-0.3, -0.25) is 0 Å². The number of rotatable bonds is 4. The number of carbonyl (C=O) groups is 1. The number of hydrogen-bond acceptors (Lipinski definition) is 7. The zero-order valence-electron chi connectivity index (χ0n) is 9.99. The summed E-state index contributed by atoms with van der Waals surface area (Å²) in [7, 11) is 0. The Kier molecular flexibility index (Phi) is 4.39. The molecule has 0 spiro atoms. The molecule has 0 unspecified atom stereocenters. The quantitative estimate of drug-likeness (QED) is 0.810. The molecule has 0 fully saturated rings. The zero-order valence-corrected chi connectivity index (χ0v) is 11.6. The molecule has 0 aliphatic heterocycles. The highest BCUT2D eigenvalue weighted by molar-refractivity contribution is 7.14. The summed E-state index contributed by atoms with van der Waals surface area (Å²) < 4.78 is 4.83. The molecule has 0 aromatic carbocycles. The molecule has 5 nitrogen and oxygen atoms in total. The number of hydrogen-bond donors (Lipinski definition) is 0. The Bertz CT molecular complexity index is 652. The molecule has 0 saturated heterocycles. The Morgan fingerprint density at radius 1 is 1.42 bits per heavy atom. The van der Waals surface area contributed by atoms with Crippen molar-refractivity contribution in [1.29, 1.82) is 5.26 Å². The molecule has 0 saturated carbocycles. The highest BCUT2D eigenvalue weighted by atomic mass is 32.1. The number of esters is 1. The Morgan fingerprint density at radius 2 is 2.26 bits per heavy atom. The van der Waals surface area contributed by atoms with Crippen LogP contribution in [0.25, 0.3) is 12.2 Å². The second-order valence-corrected chi connectivity index (χ2v) is 5.44. The predicted octanol–water partition coefficient (Wildman–Crippen LogP) is 2.82. The maximum atomic E-state index is 11.4. The van der Waals surface area contributed by atoms with Crippen molar-refractivity contribution in [3.05, 3.63) is 31.9 Å². The van der Waals surface area contributed by atoms with E-state index in [2.05, 4.69) is 16.3 Å². The van der Waals surface area contributed by atoms with Gasteiger partial charge in [0, 0.05) is 4.88 Å². The van der Waals surface area contributed by atoms with Crippen LogP contribution in [-0.4, -0.2) is 22.8 Å². The SMILES string of the molecule is CCOC(=O)c1nnc(C=Cc2ccc(C#N)s2)s1. The number of aromatic nitrogens is 2. The molecule has 0 radical (unpaired) electrons. The third kappa shape index (κ3) is 3.47. The van der Waals surface area contributed by atoms with Crippen LogP contribution in [0.3, 0.4) is 0 Å². The summed E-state index contributed by atoms with van der Waals surface area (Å²) in [5, 5.41) is 17.2. The topological polar surface area (TPSA) is 75.9 Å². The smallest absolute Gasteiger partial charge is 0.369 e. The minimum atomic E-state index is -0.456. The molecule has 2 rings (SSSR count). The first-order chi connectivity index (χ1) is 9.22. The Morgan fingerprint density at radius 3 is 2.95 bits per heavy atom. The molecule has 0 atom stereocenters. The molecule has 2 heterocycles. The molecule has 0 aliphatic rings. The van der Waals surface area contributed by atoms with E-state index in [0.717, 1.165) is 4.88 Å². The molecular weight excluding hydrogens is 282 g/mol. The van der Waals surface area contributed by atoms with Crippen molar-refractivity contribution in [3.63, 3.8) is 0 Å². The van der Waals surface area contributed by atoms with Gasteiger partial charge in [-0.1, -0.05) is 11.3 Å². The van der Waals surface area contributed by atoms with Gasteiger partial charge in [0.2, 0.25) is 5.01 Å². The molecule has 96 valence electrons. The van der Waals surface area contributed by atoms with Crippen molar-refractivity contribution in [1.82, 2.24) is 10.2 Å². The van der Waals surface area contributed by atoms with Crippen molar-refractivity contribution in [2.75, 3.05) is 6.61 Å². The van der Waals surface area contributed by atoms with Gasteiger partial charge in [-0.15, -0.1) is 21.5 Å². The summed E-state index contributed by atoms with van der Waals surface area (Å²) in [5.74, 6) is -0.456. The van der Waals surface area contributed by atoms with E-state index < -0.39 is 5.97 Å². The highest BCUT2D eigenvalue weighted by Gasteiger charge is 2.12. The first-order valence-corrected chi connectivity index (χ1v) is 7.05. The molecule has 2 aromatic rings. The van der Waals surface area contributed by atoms with E-state index in [9.17, 15) is 4.79 Å². The molecule has 19 heavy (non-hydrogen) atoms. The number of carbonyl (C=O) groups excluding carboxylic acids is 1. The monoisotopic (exact) mass is 291 g/mol. The summed E-state index contributed by atoms with van der Waals surface area (Å²) >= 11 is 2.56. The lowest BCUT2D eigenvalue weighted by Crippen LogP contribution is -2.03. The first-order valence-electron chi connectivity index (χ1n) is 5.41. The van der Waals surface area contributed by atoms with Gasteiger partial charge < -0.3 is 4.74 Å². The van der Waals surface area contributed by atoms with Crippen LogP contribution in [0, 0.1) is 11.3 Å². The largest absolute Gasteiger partial charge is 0.461 e. The van der Waals surface area contributed by atoms with Crippen LogP contribution in [0.15, 0.2) is 12.1 Å². The highest BCUT2D eigenvalue weighted by Crippen LogP contribution is 2.19. The minimum absolute atomic E-state index is 0.241. The molecule has 7 heteroatoms. The number of thiophene rings is 1. The summed E-state index contributed by atoms with van der Waals surface area (Å²) in [6, 6.07) is 5.69. The van der Waals surface area contributed by atoms with Crippen LogP contribution in [0.4, 0.5) is 0 Å². The molecular formula is C12H9N3O2S2.